The average molecular weight is 217 g/mol. The van der Waals surface area contributed by atoms with Crippen LogP contribution in [0.25, 0.3) is 0 Å². The molecule has 2 nitrogen and oxygen atoms in total. The molecular formula is C14H19NO. The van der Waals surface area contributed by atoms with Gasteiger partial charge in [-0.2, -0.15) is 0 Å². The first-order chi connectivity index (χ1) is 7.93. The summed E-state index contributed by atoms with van der Waals surface area (Å²) in [5, 5.41) is 3.42. The third-order valence-corrected chi connectivity index (χ3v) is 3.52. The van der Waals surface area contributed by atoms with Gasteiger partial charge in [-0.3, -0.25) is 0 Å². The van der Waals surface area contributed by atoms with Gasteiger partial charge in [0.25, 0.3) is 0 Å². The van der Waals surface area contributed by atoms with E-state index >= 15 is 0 Å². The van der Waals surface area contributed by atoms with Crippen molar-refractivity contribution in [2.75, 3.05) is 13.1 Å². The van der Waals surface area contributed by atoms with Crippen molar-refractivity contribution in [1.29, 1.82) is 0 Å². The number of ether oxygens (including phenoxy) is 1. The number of benzene rings is 1. The first-order valence-electron chi connectivity index (χ1n) is 6.40. The van der Waals surface area contributed by atoms with E-state index in [0.29, 0.717) is 12.0 Å². The van der Waals surface area contributed by atoms with Crippen molar-refractivity contribution in [2.24, 2.45) is 0 Å². The smallest absolute Gasteiger partial charge is 0.123 e. The van der Waals surface area contributed by atoms with Crippen molar-refractivity contribution in [2.45, 2.75) is 37.7 Å². The summed E-state index contributed by atoms with van der Waals surface area (Å²) >= 11 is 0. The molecule has 0 radical (unpaired) electrons. The van der Waals surface area contributed by atoms with Crippen LogP contribution in [0.5, 0.6) is 5.75 Å². The second kappa shape index (κ2) is 4.46. The molecule has 0 aromatic heterocycles. The maximum atomic E-state index is 5.99. The van der Waals surface area contributed by atoms with E-state index in [-0.39, 0.29) is 0 Å². The zero-order valence-corrected chi connectivity index (χ0v) is 9.61. The standard InChI is InChI=1S/C14H19NO/c1-2-4-14(16-12-5-6-12)13(3-1)11-7-9-15-10-8-11/h1-4,11-12,15H,5-10H2. The lowest BCUT2D eigenvalue weighted by molar-refractivity contribution is 0.295. The van der Waals surface area contributed by atoms with Gasteiger partial charge in [0.1, 0.15) is 5.75 Å². The Labute approximate surface area is 97.0 Å². The molecule has 0 amide bonds. The lowest BCUT2D eigenvalue weighted by atomic mass is 9.89. The molecular weight excluding hydrogens is 198 g/mol. The summed E-state index contributed by atoms with van der Waals surface area (Å²) in [6, 6.07) is 8.60. The molecule has 0 spiro atoms. The van der Waals surface area contributed by atoms with Gasteiger partial charge in [-0.1, -0.05) is 18.2 Å². The lowest BCUT2D eigenvalue weighted by Crippen LogP contribution is -2.26. The molecule has 3 rings (SSSR count). The molecule has 1 N–H and O–H groups in total. The van der Waals surface area contributed by atoms with Crippen LogP contribution in [0, 0.1) is 0 Å². The van der Waals surface area contributed by atoms with Crippen LogP contribution in [0.1, 0.15) is 37.2 Å². The van der Waals surface area contributed by atoms with Gasteiger partial charge in [0, 0.05) is 0 Å². The van der Waals surface area contributed by atoms with E-state index in [2.05, 4.69) is 29.6 Å². The fourth-order valence-corrected chi connectivity index (χ4v) is 2.42. The largest absolute Gasteiger partial charge is 0.490 e. The summed E-state index contributed by atoms with van der Waals surface area (Å²) < 4.78 is 5.99. The molecule has 1 saturated carbocycles. The fraction of sp³-hybridized carbons (Fsp3) is 0.571. The Balaban J connectivity index is 1.79. The molecule has 0 unspecified atom stereocenters. The average Bonchev–Trinajstić information content (AvgIpc) is 3.15. The van der Waals surface area contributed by atoms with Crippen molar-refractivity contribution in [3.8, 4) is 5.75 Å². The van der Waals surface area contributed by atoms with Gasteiger partial charge in [-0.15, -0.1) is 0 Å². The highest BCUT2D eigenvalue weighted by atomic mass is 16.5. The Morgan fingerprint density at radius 1 is 1.00 bits per heavy atom. The number of hydrogen-bond donors (Lipinski definition) is 1. The highest BCUT2D eigenvalue weighted by Crippen LogP contribution is 2.35. The van der Waals surface area contributed by atoms with Gasteiger partial charge in [-0.25, -0.2) is 0 Å². The number of rotatable bonds is 3. The minimum absolute atomic E-state index is 0.503. The van der Waals surface area contributed by atoms with E-state index in [1.165, 1.54) is 31.2 Å². The van der Waals surface area contributed by atoms with Crippen LogP contribution in [0.2, 0.25) is 0 Å². The second-order valence-electron chi connectivity index (χ2n) is 4.88. The Kier molecular flexibility index (Phi) is 2.83. The van der Waals surface area contributed by atoms with E-state index in [1.807, 2.05) is 0 Å². The Hall–Kier alpha value is -1.02. The van der Waals surface area contributed by atoms with E-state index in [1.54, 1.807) is 0 Å². The topological polar surface area (TPSA) is 21.3 Å². The normalized spacial score (nSPS) is 22.0. The molecule has 1 heterocycles. The summed E-state index contributed by atoms with van der Waals surface area (Å²) in [6.07, 6.45) is 5.46. The SMILES string of the molecule is c1ccc(C2CCNCC2)c(OC2CC2)c1. The number of nitrogens with one attached hydrogen (secondary N) is 1. The molecule has 2 heteroatoms. The third-order valence-electron chi connectivity index (χ3n) is 3.52. The lowest BCUT2D eigenvalue weighted by Gasteiger charge is -2.24. The molecule has 0 atom stereocenters. The van der Waals surface area contributed by atoms with Crippen LogP contribution in [0.4, 0.5) is 0 Å². The highest BCUT2D eigenvalue weighted by molar-refractivity contribution is 5.37. The minimum atomic E-state index is 0.503. The van der Waals surface area contributed by atoms with Crippen LogP contribution in [-0.4, -0.2) is 19.2 Å². The van der Waals surface area contributed by atoms with Crippen LogP contribution in [0.15, 0.2) is 24.3 Å². The molecule has 1 aromatic carbocycles. The molecule has 0 bridgehead atoms. The molecule has 1 aromatic rings. The summed E-state index contributed by atoms with van der Waals surface area (Å²) in [5.41, 5.74) is 1.43. The number of para-hydroxylation sites is 1. The fourth-order valence-electron chi connectivity index (χ4n) is 2.42. The quantitative estimate of drug-likeness (QED) is 0.840. The van der Waals surface area contributed by atoms with E-state index in [4.69, 9.17) is 4.74 Å². The first kappa shape index (κ1) is 10.2. The molecule has 16 heavy (non-hydrogen) atoms. The number of piperidine rings is 1. The first-order valence-corrected chi connectivity index (χ1v) is 6.40. The van der Waals surface area contributed by atoms with Crippen molar-refractivity contribution in [1.82, 2.24) is 5.32 Å². The van der Waals surface area contributed by atoms with Crippen LogP contribution < -0.4 is 10.1 Å². The molecule has 2 aliphatic rings. The van der Waals surface area contributed by atoms with Crippen molar-refractivity contribution in [3.05, 3.63) is 29.8 Å². The zero-order valence-electron chi connectivity index (χ0n) is 9.61. The molecule has 2 fully saturated rings. The summed E-state index contributed by atoms with van der Waals surface area (Å²) in [6.45, 7) is 2.28. The van der Waals surface area contributed by atoms with Crippen molar-refractivity contribution in [3.63, 3.8) is 0 Å². The van der Waals surface area contributed by atoms with Gasteiger partial charge < -0.3 is 10.1 Å². The van der Waals surface area contributed by atoms with Crippen molar-refractivity contribution < 1.29 is 4.74 Å². The van der Waals surface area contributed by atoms with Gasteiger partial charge >= 0.3 is 0 Å². The highest BCUT2D eigenvalue weighted by Gasteiger charge is 2.26. The van der Waals surface area contributed by atoms with Gasteiger partial charge in [-0.05, 0) is 56.3 Å². The van der Waals surface area contributed by atoms with Gasteiger partial charge in [0.15, 0.2) is 0 Å². The monoisotopic (exact) mass is 217 g/mol. The molecule has 1 aliphatic heterocycles. The predicted molar refractivity (Wildman–Crippen MR) is 64.9 cm³/mol. The van der Waals surface area contributed by atoms with Crippen LogP contribution in [-0.2, 0) is 0 Å². The van der Waals surface area contributed by atoms with E-state index < -0.39 is 0 Å². The van der Waals surface area contributed by atoms with Crippen molar-refractivity contribution >= 4 is 0 Å². The van der Waals surface area contributed by atoms with Crippen LogP contribution >= 0.6 is 0 Å². The van der Waals surface area contributed by atoms with E-state index in [0.717, 1.165) is 18.8 Å². The Morgan fingerprint density at radius 3 is 2.50 bits per heavy atom. The van der Waals surface area contributed by atoms with Crippen LogP contribution in [0.3, 0.4) is 0 Å². The summed E-state index contributed by atoms with van der Waals surface area (Å²) in [4.78, 5) is 0. The summed E-state index contributed by atoms with van der Waals surface area (Å²) in [7, 11) is 0. The maximum absolute atomic E-state index is 5.99. The van der Waals surface area contributed by atoms with Gasteiger partial charge in [0.05, 0.1) is 6.10 Å². The molecule has 86 valence electrons. The summed E-state index contributed by atoms with van der Waals surface area (Å²) in [5.74, 6) is 1.83. The van der Waals surface area contributed by atoms with E-state index in [9.17, 15) is 0 Å². The second-order valence-corrected chi connectivity index (χ2v) is 4.88. The predicted octanol–water partition coefficient (Wildman–Crippen LogP) is 2.69. The molecule has 1 aliphatic carbocycles. The Morgan fingerprint density at radius 2 is 1.75 bits per heavy atom. The number of hydrogen-bond acceptors (Lipinski definition) is 2. The maximum Gasteiger partial charge on any atom is 0.123 e. The van der Waals surface area contributed by atoms with Gasteiger partial charge in [0.2, 0.25) is 0 Å². The third kappa shape index (κ3) is 2.22. The zero-order chi connectivity index (χ0) is 10.8. The molecule has 1 saturated heterocycles. The Bertz CT molecular complexity index is 354. The minimum Gasteiger partial charge on any atom is -0.490 e.